The second kappa shape index (κ2) is 12.2. The average molecular weight is 550 g/mol. The molecule has 1 unspecified atom stereocenters. The molecule has 0 spiro atoms. The zero-order chi connectivity index (χ0) is 28.1. The van der Waals surface area contributed by atoms with Crippen LogP contribution in [0, 0.1) is 10.1 Å². The van der Waals surface area contributed by atoms with Gasteiger partial charge in [-0.25, -0.2) is 9.79 Å². The van der Waals surface area contributed by atoms with Gasteiger partial charge in [0.15, 0.2) is 4.80 Å². The Kier molecular flexibility index (Phi) is 8.75. The number of nitro groups is 1. The highest BCUT2D eigenvalue weighted by Gasteiger charge is 2.33. The van der Waals surface area contributed by atoms with Crippen LogP contribution in [-0.2, 0) is 9.53 Å². The standard InChI is InChI=1S/C29H31N3O6S/c1-5-6-7-16-37-23-14-10-21(11-15-23)26-25(28(34)38-18(2)3)19(4)30-29-31(26)27(33)24(39-29)17-20-8-12-22(13-9-20)32(35)36/h8-15,17-18,26H,5-7,16H2,1-4H3. The summed E-state index contributed by atoms with van der Waals surface area (Å²) in [6.45, 7) is 8.04. The Morgan fingerprint density at radius 1 is 1.15 bits per heavy atom. The number of rotatable bonds is 10. The van der Waals surface area contributed by atoms with Gasteiger partial charge in [0, 0.05) is 12.1 Å². The number of ether oxygens (including phenoxy) is 2. The monoisotopic (exact) mass is 549 g/mol. The van der Waals surface area contributed by atoms with Crippen LogP contribution in [0.25, 0.3) is 6.08 Å². The molecular formula is C29H31N3O6S. The molecule has 0 N–H and O–H groups in total. The van der Waals surface area contributed by atoms with Gasteiger partial charge in [-0.2, -0.15) is 0 Å². The molecule has 4 rings (SSSR count). The smallest absolute Gasteiger partial charge is 0.338 e. The SMILES string of the molecule is CCCCCOc1ccc(C2C(C(=O)OC(C)C)=C(C)N=c3sc(=Cc4ccc([N+](=O)[O-])cc4)c(=O)n32)cc1. The molecule has 0 saturated heterocycles. The first-order valence-electron chi connectivity index (χ1n) is 12.9. The Labute approximate surface area is 229 Å². The number of hydrogen-bond acceptors (Lipinski definition) is 8. The van der Waals surface area contributed by atoms with Crippen LogP contribution in [0.5, 0.6) is 5.75 Å². The normalized spacial score (nSPS) is 15.2. The number of benzene rings is 2. The summed E-state index contributed by atoms with van der Waals surface area (Å²) < 4.78 is 13.3. The molecule has 2 aromatic carbocycles. The van der Waals surface area contributed by atoms with Crippen molar-refractivity contribution < 1.29 is 19.2 Å². The summed E-state index contributed by atoms with van der Waals surface area (Å²) in [5.41, 5.74) is 1.80. The van der Waals surface area contributed by atoms with Crippen LogP contribution in [0.15, 0.2) is 69.6 Å². The van der Waals surface area contributed by atoms with E-state index in [4.69, 9.17) is 9.47 Å². The van der Waals surface area contributed by atoms with E-state index < -0.39 is 16.9 Å². The van der Waals surface area contributed by atoms with Crippen molar-refractivity contribution in [2.45, 2.75) is 59.1 Å². The molecular weight excluding hydrogens is 518 g/mol. The number of fused-ring (bicyclic) bond motifs is 1. The van der Waals surface area contributed by atoms with Crippen LogP contribution >= 0.6 is 11.3 Å². The van der Waals surface area contributed by atoms with Gasteiger partial charge in [0.25, 0.3) is 11.2 Å². The van der Waals surface area contributed by atoms with E-state index >= 15 is 0 Å². The fourth-order valence-electron chi connectivity index (χ4n) is 4.31. The number of nitro benzene ring substituents is 1. The third-order valence-electron chi connectivity index (χ3n) is 6.20. The minimum Gasteiger partial charge on any atom is -0.494 e. The Morgan fingerprint density at radius 3 is 2.46 bits per heavy atom. The maximum atomic E-state index is 13.7. The van der Waals surface area contributed by atoms with Crippen molar-refractivity contribution >= 4 is 29.1 Å². The molecule has 0 radical (unpaired) electrons. The van der Waals surface area contributed by atoms with Crippen LogP contribution in [0.4, 0.5) is 5.69 Å². The van der Waals surface area contributed by atoms with Gasteiger partial charge in [-0.3, -0.25) is 19.5 Å². The van der Waals surface area contributed by atoms with Gasteiger partial charge in [0.05, 0.1) is 39.5 Å². The Hall–Kier alpha value is -4.05. The van der Waals surface area contributed by atoms with E-state index in [0.29, 0.717) is 38.5 Å². The molecule has 39 heavy (non-hydrogen) atoms. The molecule has 0 saturated carbocycles. The molecule has 0 fully saturated rings. The summed E-state index contributed by atoms with van der Waals surface area (Å²) in [7, 11) is 0. The lowest BCUT2D eigenvalue weighted by atomic mass is 9.96. The van der Waals surface area contributed by atoms with Gasteiger partial charge >= 0.3 is 5.97 Å². The minimum absolute atomic E-state index is 0.0321. The van der Waals surface area contributed by atoms with E-state index in [0.717, 1.165) is 24.8 Å². The summed E-state index contributed by atoms with van der Waals surface area (Å²) in [5, 5.41) is 11.0. The molecule has 0 aliphatic carbocycles. The number of nitrogens with zero attached hydrogens (tertiary/aromatic N) is 3. The minimum atomic E-state index is -0.736. The molecule has 204 valence electrons. The zero-order valence-electron chi connectivity index (χ0n) is 22.4. The Balaban J connectivity index is 1.78. The molecule has 2 heterocycles. The predicted molar refractivity (Wildman–Crippen MR) is 150 cm³/mol. The second-order valence-corrected chi connectivity index (χ2v) is 10.5. The van der Waals surface area contributed by atoms with E-state index in [2.05, 4.69) is 11.9 Å². The summed E-state index contributed by atoms with van der Waals surface area (Å²) in [5.74, 6) is 0.188. The van der Waals surface area contributed by atoms with Crippen LogP contribution in [0.2, 0.25) is 0 Å². The summed E-state index contributed by atoms with van der Waals surface area (Å²) in [4.78, 5) is 42.5. The zero-order valence-corrected chi connectivity index (χ0v) is 23.2. The van der Waals surface area contributed by atoms with E-state index in [1.165, 1.54) is 28.0 Å². The van der Waals surface area contributed by atoms with E-state index in [-0.39, 0.29) is 17.4 Å². The number of hydrogen-bond donors (Lipinski definition) is 0. The number of allylic oxidation sites excluding steroid dienone is 1. The van der Waals surface area contributed by atoms with Crippen LogP contribution in [0.3, 0.4) is 0 Å². The number of non-ortho nitro benzene ring substituents is 1. The maximum absolute atomic E-state index is 13.7. The van der Waals surface area contributed by atoms with Gasteiger partial charge in [0.2, 0.25) is 0 Å². The predicted octanol–water partition coefficient (Wildman–Crippen LogP) is 4.66. The molecule has 10 heteroatoms. The summed E-state index contributed by atoms with van der Waals surface area (Å²) in [6.07, 6.45) is 4.50. The molecule has 1 aliphatic heterocycles. The highest BCUT2D eigenvalue weighted by atomic mass is 32.1. The van der Waals surface area contributed by atoms with Crippen molar-refractivity contribution in [3.63, 3.8) is 0 Å². The van der Waals surface area contributed by atoms with Crippen LogP contribution in [-0.4, -0.2) is 28.2 Å². The lowest BCUT2D eigenvalue weighted by Gasteiger charge is -2.25. The highest BCUT2D eigenvalue weighted by molar-refractivity contribution is 7.07. The fraction of sp³-hybridized carbons (Fsp3) is 0.345. The fourth-order valence-corrected chi connectivity index (χ4v) is 5.35. The lowest BCUT2D eigenvalue weighted by molar-refractivity contribution is -0.384. The molecule has 1 aliphatic rings. The molecule has 9 nitrogen and oxygen atoms in total. The first-order chi connectivity index (χ1) is 18.7. The van der Waals surface area contributed by atoms with Crippen molar-refractivity contribution in [3.05, 3.63) is 101 Å². The quantitative estimate of drug-likeness (QED) is 0.157. The number of carbonyl (C=O) groups is 1. The topological polar surface area (TPSA) is 113 Å². The number of aromatic nitrogens is 1. The van der Waals surface area contributed by atoms with Gasteiger partial charge in [-0.15, -0.1) is 0 Å². The third-order valence-corrected chi connectivity index (χ3v) is 7.18. The number of carbonyl (C=O) groups excluding carboxylic acids is 1. The number of unbranched alkanes of at least 4 members (excludes halogenated alkanes) is 2. The first kappa shape index (κ1) is 28.0. The van der Waals surface area contributed by atoms with Crippen molar-refractivity contribution in [1.29, 1.82) is 0 Å². The second-order valence-electron chi connectivity index (χ2n) is 9.51. The van der Waals surface area contributed by atoms with Crippen LogP contribution < -0.4 is 19.6 Å². The highest BCUT2D eigenvalue weighted by Crippen LogP contribution is 2.32. The van der Waals surface area contributed by atoms with Gasteiger partial charge in [-0.05, 0) is 68.7 Å². The van der Waals surface area contributed by atoms with Crippen molar-refractivity contribution in [2.75, 3.05) is 6.61 Å². The van der Waals surface area contributed by atoms with E-state index in [1.54, 1.807) is 39.0 Å². The number of esters is 1. The lowest BCUT2D eigenvalue weighted by Crippen LogP contribution is -2.40. The van der Waals surface area contributed by atoms with Crippen molar-refractivity contribution in [1.82, 2.24) is 4.57 Å². The molecule has 1 aromatic heterocycles. The Bertz CT molecular complexity index is 1570. The molecule has 3 aromatic rings. The van der Waals surface area contributed by atoms with E-state index in [1.807, 2.05) is 24.3 Å². The Morgan fingerprint density at radius 2 is 1.85 bits per heavy atom. The third kappa shape index (κ3) is 6.34. The largest absolute Gasteiger partial charge is 0.494 e. The van der Waals surface area contributed by atoms with E-state index in [9.17, 15) is 19.7 Å². The number of thiazole rings is 1. The molecule has 1 atom stereocenters. The molecule has 0 bridgehead atoms. The summed E-state index contributed by atoms with van der Waals surface area (Å²) >= 11 is 1.20. The maximum Gasteiger partial charge on any atom is 0.338 e. The van der Waals surface area contributed by atoms with Gasteiger partial charge in [0.1, 0.15) is 5.75 Å². The van der Waals surface area contributed by atoms with Gasteiger partial charge < -0.3 is 9.47 Å². The average Bonchev–Trinajstić information content (AvgIpc) is 3.20. The van der Waals surface area contributed by atoms with Gasteiger partial charge in [-0.1, -0.05) is 43.2 Å². The first-order valence-corrected chi connectivity index (χ1v) is 13.7. The van der Waals surface area contributed by atoms with Crippen LogP contribution in [0.1, 0.15) is 64.1 Å². The molecule has 0 amide bonds. The van der Waals surface area contributed by atoms with Crippen molar-refractivity contribution in [2.24, 2.45) is 4.99 Å². The summed E-state index contributed by atoms with van der Waals surface area (Å²) in [6, 6.07) is 12.6. The van der Waals surface area contributed by atoms with Crippen molar-refractivity contribution in [3.8, 4) is 5.75 Å².